The molecule has 14 heavy (non-hydrogen) atoms. The zero-order chi connectivity index (χ0) is 9.97. The molecule has 2 nitrogen and oxygen atoms in total. The molecule has 0 heterocycles. The van der Waals surface area contributed by atoms with Gasteiger partial charge in [-0.15, -0.1) is 0 Å². The van der Waals surface area contributed by atoms with Crippen molar-refractivity contribution in [2.24, 2.45) is 11.8 Å². The van der Waals surface area contributed by atoms with Crippen molar-refractivity contribution < 1.29 is 9.47 Å². The average molecular weight is 196 g/mol. The fourth-order valence-corrected chi connectivity index (χ4v) is 2.94. The summed E-state index contributed by atoms with van der Waals surface area (Å²) in [5.41, 5.74) is 1.63. The molecular weight excluding hydrogens is 176 g/mol. The summed E-state index contributed by atoms with van der Waals surface area (Å²) in [5, 5.41) is 0. The van der Waals surface area contributed by atoms with Crippen molar-refractivity contribution in [1.82, 2.24) is 0 Å². The third-order valence-corrected chi connectivity index (χ3v) is 3.59. The topological polar surface area (TPSA) is 18.5 Å². The highest BCUT2D eigenvalue weighted by Gasteiger charge is 2.42. The lowest BCUT2D eigenvalue weighted by molar-refractivity contribution is 0.000160. The summed E-state index contributed by atoms with van der Waals surface area (Å²) in [4.78, 5) is 0. The second-order valence-electron chi connectivity index (χ2n) is 4.41. The standard InChI is InChI=1S/C12H20O2/c1-3-10-6-9-7-11(10)12(8-9)14-5-4-13-2/h3,9,11-12H,4-8H2,1-2H3. The predicted octanol–water partition coefficient (Wildman–Crippen LogP) is 2.39. The Morgan fingerprint density at radius 2 is 2.21 bits per heavy atom. The van der Waals surface area contributed by atoms with E-state index in [0.717, 1.165) is 25.0 Å². The van der Waals surface area contributed by atoms with Gasteiger partial charge in [-0.25, -0.2) is 0 Å². The second-order valence-corrected chi connectivity index (χ2v) is 4.41. The Balaban J connectivity index is 1.84. The van der Waals surface area contributed by atoms with E-state index >= 15 is 0 Å². The Hall–Kier alpha value is -0.340. The number of methoxy groups -OCH3 is 1. The Morgan fingerprint density at radius 3 is 2.86 bits per heavy atom. The lowest BCUT2D eigenvalue weighted by atomic mass is 9.92. The highest BCUT2D eigenvalue weighted by atomic mass is 16.5. The van der Waals surface area contributed by atoms with Gasteiger partial charge in [0.2, 0.25) is 0 Å². The third kappa shape index (κ3) is 1.86. The molecule has 0 N–H and O–H groups in total. The first-order valence-corrected chi connectivity index (χ1v) is 5.60. The predicted molar refractivity (Wildman–Crippen MR) is 56.2 cm³/mol. The van der Waals surface area contributed by atoms with Gasteiger partial charge < -0.3 is 9.47 Å². The first-order chi connectivity index (χ1) is 6.85. The van der Waals surface area contributed by atoms with Gasteiger partial charge in [0, 0.05) is 13.0 Å². The smallest absolute Gasteiger partial charge is 0.0704 e. The number of hydrogen-bond donors (Lipinski definition) is 0. The van der Waals surface area contributed by atoms with Crippen molar-refractivity contribution in [1.29, 1.82) is 0 Å². The van der Waals surface area contributed by atoms with Crippen molar-refractivity contribution >= 4 is 0 Å². The molecule has 2 saturated carbocycles. The maximum Gasteiger partial charge on any atom is 0.0704 e. The molecule has 0 saturated heterocycles. The molecule has 2 rings (SSSR count). The highest BCUT2D eigenvalue weighted by Crippen LogP contribution is 2.49. The molecule has 2 heteroatoms. The molecule has 0 amide bonds. The van der Waals surface area contributed by atoms with Gasteiger partial charge in [0.1, 0.15) is 0 Å². The van der Waals surface area contributed by atoms with Crippen LogP contribution in [-0.4, -0.2) is 26.4 Å². The average Bonchev–Trinajstić information content (AvgIpc) is 2.76. The molecule has 0 aromatic rings. The Labute approximate surface area is 86.3 Å². The molecule has 0 radical (unpaired) electrons. The SMILES string of the molecule is CC=C1CC2CC(OCCOC)C1C2. The summed E-state index contributed by atoms with van der Waals surface area (Å²) in [6, 6.07) is 0. The first kappa shape index (κ1) is 10.2. The van der Waals surface area contributed by atoms with E-state index in [4.69, 9.17) is 9.47 Å². The number of fused-ring (bicyclic) bond motifs is 2. The van der Waals surface area contributed by atoms with Gasteiger partial charge in [-0.2, -0.15) is 0 Å². The van der Waals surface area contributed by atoms with Gasteiger partial charge in [0.25, 0.3) is 0 Å². The van der Waals surface area contributed by atoms with Gasteiger partial charge >= 0.3 is 0 Å². The lowest BCUT2D eigenvalue weighted by Crippen LogP contribution is -2.23. The number of ether oxygens (including phenoxy) is 2. The van der Waals surface area contributed by atoms with Crippen LogP contribution in [0.5, 0.6) is 0 Å². The second kappa shape index (κ2) is 4.45. The highest BCUT2D eigenvalue weighted by molar-refractivity contribution is 5.18. The molecule has 3 unspecified atom stereocenters. The Kier molecular flexibility index (Phi) is 3.24. The maximum atomic E-state index is 5.84. The molecular formula is C12H20O2. The lowest BCUT2D eigenvalue weighted by Gasteiger charge is -2.24. The summed E-state index contributed by atoms with van der Waals surface area (Å²) in [7, 11) is 1.72. The van der Waals surface area contributed by atoms with Crippen LogP contribution in [-0.2, 0) is 9.47 Å². The minimum absolute atomic E-state index is 0.482. The summed E-state index contributed by atoms with van der Waals surface area (Å²) in [6.07, 6.45) is 6.72. The van der Waals surface area contributed by atoms with E-state index in [2.05, 4.69) is 13.0 Å². The van der Waals surface area contributed by atoms with Crippen LogP contribution >= 0.6 is 0 Å². The van der Waals surface area contributed by atoms with Crippen molar-refractivity contribution in [2.45, 2.75) is 32.3 Å². The monoisotopic (exact) mass is 196 g/mol. The van der Waals surface area contributed by atoms with Crippen molar-refractivity contribution in [3.05, 3.63) is 11.6 Å². The van der Waals surface area contributed by atoms with Crippen LogP contribution in [0.4, 0.5) is 0 Å². The molecule has 0 spiro atoms. The molecule has 2 aliphatic carbocycles. The minimum atomic E-state index is 0.482. The Bertz CT molecular complexity index is 222. The van der Waals surface area contributed by atoms with Crippen LogP contribution in [0.3, 0.4) is 0 Å². The normalized spacial score (nSPS) is 38.4. The van der Waals surface area contributed by atoms with Gasteiger partial charge in [0.05, 0.1) is 19.3 Å². The van der Waals surface area contributed by atoms with Gasteiger partial charge in [-0.3, -0.25) is 0 Å². The van der Waals surface area contributed by atoms with Gasteiger partial charge in [-0.05, 0) is 32.1 Å². The summed E-state index contributed by atoms with van der Waals surface area (Å²) >= 11 is 0. The molecule has 2 aliphatic rings. The summed E-state index contributed by atoms with van der Waals surface area (Å²) in [5.74, 6) is 1.63. The van der Waals surface area contributed by atoms with Crippen molar-refractivity contribution in [3.63, 3.8) is 0 Å². The molecule has 0 aromatic heterocycles. The molecule has 0 aliphatic heterocycles. The Morgan fingerprint density at radius 1 is 1.36 bits per heavy atom. The fraction of sp³-hybridized carbons (Fsp3) is 0.833. The van der Waals surface area contributed by atoms with E-state index in [1.807, 2.05) is 0 Å². The van der Waals surface area contributed by atoms with Crippen LogP contribution in [0.15, 0.2) is 11.6 Å². The maximum absolute atomic E-state index is 5.84. The van der Waals surface area contributed by atoms with Crippen LogP contribution in [0, 0.1) is 11.8 Å². The van der Waals surface area contributed by atoms with Crippen LogP contribution in [0.1, 0.15) is 26.2 Å². The number of rotatable bonds is 4. The zero-order valence-electron chi connectivity index (χ0n) is 9.16. The van der Waals surface area contributed by atoms with Crippen molar-refractivity contribution in [3.8, 4) is 0 Å². The fourth-order valence-electron chi connectivity index (χ4n) is 2.94. The zero-order valence-corrected chi connectivity index (χ0v) is 9.16. The summed E-state index contributed by atoms with van der Waals surface area (Å²) in [6.45, 7) is 3.63. The molecule has 2 fully saturated rings. The quantitative estimate of drug-likeness (QED) is 0.508. The van der Waals surface area contributed by atoms with E-state index in [9.17, 15) is 0 Å². The summed E-state index contributed by atoms with van der Waals surface area (Å²) < 4.78 is 10.8. The van der Waals surface area contributed by atoms with Crippen molar-refractivity contribution in [2.75, 3.05) is 20.3 Å². The number of allylic oxidation sites excluding steroid dienone is 1. The van der Waals surface area contributed by atoms with Gasteiger partial charge in [0.15, 0.2) is 0 Å². The molecule has 2 bridgehead atoms. The minimum Gasteiger partial charge on any atom is -0.382 e. The van der Waals surface area contributed by atoms with E-state index in [0.29, 0.717) is 6.10 Å². The van der Waals surface area contributed by atoms with E-state index in [1.165, 1.54) is 19.3 Å². The van der Waals surface area contributed by atoms with Crippen LogP contribution < -0.4 is 0 Å². The molecule has 80 valence electrons. The first-order valence-electron chi connectivity index (χ1n) is 5.60. The van der Waals surface area contributed by atoms with E-state index in [1.54, 1.807) is 12.7 Å². The van der Waals surface area contributed by atoms with E-state index < -0.39 is 0 Å². The van der Waals surface area contributed by atoms with Crippen LogP contribution in [0.2, 0.25) is 0 Å². The molecule has 0 aromatic carbocycles. The van der Waals surface area contributed by atoms with E-state index in [-0.39, 0.29) is 0 Å². The molecule has 3 atom stereocenters. The largest absolute Gasteiger partial charge is 0.382 e. The third-order valence-electron chi connectivity index (χ3n) is 3.59. The van der Waals surface area contributed by atoms with Crippen LogP contribution in [0.25, 0.3) is 0 Å². The number of hydrogen-bond acceptors (Lipinski definition) is 2. The van der Waals surface area contributed by atoms with Gasteiger partial charge in [-0.1, -0.05) is 11.6 Å².